The molecule has 4 aromatic rings. The molecule has 33 heavy (non-hydrogen) atoms. The molecule has 1 aromatic heterocycles. The maximum absolute atomic E-state index is 12.5. The Morgan fingerprint density at radius 2 is 1.70 bits per heavy atom. The van der Waals surface area contributed by atoms with Gasteiger partial charge in [0, 0.05) is 12.3 Å². The number of carbonyl (C=O) groups is 2. The van der Waals surface area contributed by atoms with Gasteiger partial charge >= 0.3 is 12.1 Å². The molecule has 166 valence electrons. The summed E-state index contributed by atoms with van der Waals surface area (Å²) in [5, 5.41) is 13.2. The first-order valence-electron chi connectivity index (χ1n) is 10.4. The number of carboxylic acids is 1. The van der Waals surface area contributed by atoms with E-state index in [2.05, 4.69) is 22.4 Å². The lowest BCUT2D eigenvalue weighted by atomic mass is 9.98. The molecule has 0 radical (unpaired) electrons. The van der Waals surface area contributed by atoms with Crippen LogP contribution in [0.1, 0.15) is 22.1 Å². The van der Waals surface area contributed by atoms with Gasteiger partial charge in [0.2, 0.25) is 0 Å². The molecule has 0 saturated heterocycles. The van der Waals surface area contributed by atoms with Crippen molar-refractivity contribution < 1.29 is 19.4 Å². The number of ether oxygens (including phenoxy) is 1. The van der Waals surface area contributed by atoms with Gasteiger partial charge in [0.15, 0.2) is 0 Å². The van der Waals surface area contributed by atoms with E-state index in [-0.39, 0.29) is 18.9 Å². The van der Waals surface area contributed by atoms with Crippen molar-refractivity contribution in [3.8, 4) is 11.1 Å². The number of rotatable bonds is 6. The third-order valence-electron chi connectivity index (χ3n) is 5.72. The van der Waals surface area contributed by atoms with Gasteiger partial charge in [-0.05, 0) is 34.4 Å². The second-order valence-corrected chi connectivity index (χ2v) is 9.25. The zero-order valence-corrected chi connectivity index (χ0v) is 18.9. The minimum atomic E-state index is -1.17. The van der Waals surface area contributed by atoms with E-state index in [1.165, 1.54) is 11.3 Å². The minimum Gasteiger partial charge on any atom is -0.480 e. The summed E-state index contributed by atoms with van der Waals surface area (Å²) >= 11 is 7.51. The van der Waals surface area contributed by atoms with Crippen LogP contribution in [-0.2, 0) is 16.0 Å². The maximum Gasteiger partial charge on any atom is 0.407 e. The number of hydrogen-bond donors (Lipinski definition) is 2. The minimum absolute atomic E-state index is 0.0369. The van der Waals surface area contributed by atoms with Crippen LogP contribution in [-0.4, -0.2) is 34.8 Å². The molecule has 1 atom stereocenters. The fourth-order valence-electron chi connectivity index (χ4n) is 4.21. The zero-order chi connectivity index (χ0) is 22.9. The van der Waals surface area contributed by atoms with Crippen molar-refractivity contribution in [2.75, 3.05) is 6.61 Å². The highest BCUT2D eigenvalue weighted by Gasteiger charge is 2.30. The molecule has 2 N–H and O–H groups in total. The molecule has 1 aliphatic carbocycles. The quantitative estimate of drug-likeness (QED) is 0.383. The van der Waals surface area contributed by atoms with Gasteiger partial charge in [-0.3, -0.25) is 0 Å². The van der Waals surface area contributed by atoms with Gasteiger partial charge in [-0.15, -0.1) is 11.3 Å². The Morgan fingerprint density at radius 3 is 2.33 bits per heavy atom. The van der Waals surface area contributed by atoms with Crippen molar-refractivity contribution in [3.63, 3.8) is 0 Å². The summed E-state index contributed by atoms with van der Waals surface area (Å²) in [7, 11) is 0. The summed E-state index contributed by atoms with van der Waals surface area (Å²) in [6.07, 6.45) is -0.738. The highest BCUT2D eigenvalue weighted by Crippen LogP contribution is 2.44. The molecule has 0 spiro atoms. The molecule has 0 aliphatic heterocycles. The van der Waals surface area contributed by atoms with E-state index < -0.39 is 18.1 Å². The summed E-state index contributed by atoms with van der Waals surface area (Å²) in [5.74, 6) is -1.26. The highest BCUT2D eigenvalue weighted by molar-refractivity contribution is 7.19. The number of nitrogens with zero attached hydrogens (tertiary/aromatic N) is 1. The van der Waals surface area contributed by atoms with Crippen LogP contribution in [0.4, 0.5) is 4.79 Å². The Bertz CT molecular complexity index is 1320. The van der Waals surface area contributed by atoms with Crippen molar-refractivity contribution in [2.24, 2.45) is 0 Å². The van der Waals surface area contributed by atoms with Crippen LogP contribution < -0.4 is 5.32 Å². The molecule has 5 rings (SSSR count). The fraction of sp³-hybridized carbons (Fsp3) is 0.160. The molecule has 0 fully saturated rings. The standard InChI is InChI=1S/C25H19ClN2O4S/c26-19-10-5-11-20-23(19)33-22(27-20)12-21(24(29)30)28-25(31)32-13-18-16-8-3-1-6-14(16)15-7-2-4-9-17(15)18/h1-11,18,21H,12-13H2,(H,28,31)(H,29,30). The molecule has 3 aromatic carbocycles. The van der Waals surface area contributed by atoms with Crippen LogP contribution in [0.15, 0.2) is 66.7 Å². The lowest BCUT2D eigenvalue weighted by molar-refractivity contribution is -0.139. The lowest BCUT2D eigenvalue weighted by Crippen LogP contribution is -2.42. The Kier molecular flexibility index (Phi) is 5.74. The SMILES string of the molecule is O=C(NC(Cc1nc2cccc(Cl)c2s1)C(=O)O)OCC1c2ccccc2-c2ccccc21. The van der Waals surface area contributed by atoms with E-state index in [1.807, 2.05) is 42.5 Å². The van der Waals surface area contributed by atoms with E-state index in [1.54, 1.807) is 12.1 Å². The number of carbonyl (C=O) groups excluding carboxylic acids is 1. The molecule has 8 heteroatoms. The number of carboxylic acid groups (broad SMARTS) is 1. The van der Waals surface area contributed by atoms with Crippen LogP contribution in [0.2, 0.25) is 5.02 Å². The number of hydrogen-bond acceptors (Lipinski definition) is 5. The van der Waals surface area contributed by atoms with Crippen LogP contribution in [0.5, 0.6) is 0 Å². The molecule has 0 bridgehead atoms. The summed E-state index contributed by atoms with van der Waals surface area (Å²) in [4.78, 5) is 28.8. The first kappa shape index (κ1) is 21.4. The summed E-state index contributed by atoms with van der Waals surface area (Å²) in [5.41, 5.74) is 5.13. The van der Waals surface area contributed by atoms with Crippen LogP contribution in [0, 0.1) is 0 Å². The fourth-order valence-corrected chi connectivity index (χ4v) is 5.50. The molecule has 1 heterocycles. The van der Waals surface area contributed by atoms with Crippen molar-refractivity contribution >= 4 is 45.2 Å². The van der Waals surface area contributed by atoms with Gasteiger partial charge < -0.3 is 15.2 Å². The molecule has 6 nitrogen and oxygen atoms in total. The summed E-state index contributed by atoms with van der Waals surface area (Å²) in [6, 6.07) is 20.3. The topological polar surface area (TPSA) is 88.5 Å². The largest absolute Gasteiger partial charge is 0.480 e. The van der Waals surface area contributed by atoms with Crippen LogP contribution in [0.25, 0.3) is 21.3 Å². The van der Waals surface area contributed by atoms with Crippen molar-refractivity contribution in [2.45, 2.75) is 18.4 Å². The van der Waals surface area contributed by atoms with Gasteiger partial charge in [-0.1, -0.05) is 66.2 Å². The number of aliphatic carboxylic acids is 1. The van der Waals surface area contributed by atoms with Crippen molar-refractivity contribution in [1.29, 1.82) is 0 Å². The van der Waals surface area contributed by atoms with E-state index in [9.17, 15) is 14.7 Å². The first-order valence-corrected chi connectivity index (χ1v) is 11.6. The van der Waals surface area contributed by atoms with E-state index >= 15 is 0 Å². The van der Waals surface area contributed by atoms with Crippen molar-refractivity contribution in [1.82, 2.24) is 10.3 Å². The highest BCUT2D eigenvalue weighted by atomic mass is 35.5. The summed E-state index contributed by atoms with van der Waals surface area (Å²) < 4.78 is 6.28. The third-order valence-corrected chi connectivity index (χ3v) is 7.28. The lowest BCUT2D eigenvalue weighted by Gasteiger charge is -2.17. The molecular formula is C25H19ClN2O4S. The summed E-state index contributed by atoms with van der Waals surface area (Å²) in [6.45, 7) is 0.114. The zero-order valence-electron chi connectivity index (χ0n) is 17.3. The molecule has 1 amide bonds. The number of thiazole rings is 1. The van der Waals surface area contributed by atoms with E-state index in [0.29, 0.717) is 15.5 Å². The second kappa shape index (κ2) is 8.84. The average Bonchev–Trinajstić information content (AvgIpc) is 3.37. The number of nitrogens with one attached hydrogen (secondary N) is 1. The predicted octanol–water partition coefficient (Wildman–Crippen LogP) is 5.48. The smallest absolute Gasteiger partial charge is 0.407 e. The predicted molar refractivity (Wildman–Crippen MR) is 128 cm³/mol. The number of amides is 1. The number of fused-ring (bicyclic) bond motifs is 4. The molecular weight excluding hydrogens is 460 g/mol. The molecule has 1 unspecified atom stereocenters. The normalized spacial score (nSPS) is 13.4. The van der Waals surface area contributed by atoms with Crippen LogP contribution in [0.3, 0.4) is 0 Å². The van der Waals surface area contributed by atoms with Gasteiger partial charge in [-0.2, -0.15) is 0 Å². The first-order chi connectivity index (χ1) is 16.0. The molecule has 0 saturated carbocycles. The number of halogens is 1. The third kappa shape index (κ3) is 4.17. The Balaban J connectivity index is 1.27. The van der Waals surface area contributed by atoms with E-state index in [4.69, 9.17) is 16.3 Å². The van der Waals surface area contributed by atoms with E-state index in [0.717, 1.165) is 27.0 Å². The number of alkyl carbamates (subject to hydrolysis) is 1. The van der Waals surface area contributed by atoms with Gasteiger partial charge in [0.05, 0.1) is 20.2 Å². The number of aromatic nitrogens is 1. The van der Waals surface area contributed by atoms with Crippen LogP contribution >= 0.6 is 22.9 Å². The van der Waals surface area contributed by atoms with Gasteiger partial charge in [-0.25, -0.2) is 14.6 Å². The average molecular weight is 479 g/mol. The Morgan fingerprint density at radius 1 is 1.03 bits per heavy atom. The number of benzene rings is 3. The van der Waals surface area contributed by atoms with Gasteiger partial charge in [0.25, 0.3) is 0 Å². The Hall–Kier alpha value is -3.42. The van der Waals surface area contributed by atoms with Gasteiger partial charge in [0.1, 0.15) is 12.6 Å². The molecule has 1 aliphatic rings. The maximum atomic E-state index is 12.5. The second-order valence-electron chi connectivity index (χ2n) is 7.76. The monoisotopic (exact) mass is 478 g/mol. The Labute approximate surface area is 198 Å². The van der Waals surface area contributed by atoms with Crippen molar-refractivity contribution in [3.05, 3.63) is 87.9 Å².